The Labute approximate surface area is 123 Å². The van der Waals surface area contributed by atoms with E-state index >= 15 is 0 Å². The fraction of sp³-hybridized carbons (Fsp3) is 0.778. The van der Waals surface area contributed by atoms with Gasteiger partial charge in [-0.05, 0) is 28.4 Å². The summed E-state index contributed by atoms with van der Waals surface area (Å²) in [4.78, 5) is 0. The van der Waals surface area contributed by atoms with Gasteiger partial charge in [0.2, 0.25) is 0 Å². The zero-order chi connectivity index (χ0) is 14.7. The van der Waals surface area contributed by atoms with Gasteiger partial charge in [0, 0.05) is 6.42 Å². The van der Waals surface area contributed by atoms with Crippen molar-refractivity contribution in [3.8, 4) is 0 Å². The third-order valence-electron chi connectivity index (χ3n) is 4.92. The minimum Gasteiger partial charge on any atom is -0.372 e. The van der Waals surface area contributed by atoms with E-state index in [0.717, 1.165) is 26.1 Å². The zero-order valence-corrected chi connectivity index (χ0v) is 13.8. The van der Waals surface area contributed by atoms with Crippen molar-refractivity contribution in [2.75, 3.05) is 13.2 Å². The summed E-state index contributed by atoms with van der Waals surface area (Å²) < 4.78 is 12.1. The van der Waals surface area contributed by atoms with E-state index < -0.39 is 0 Å². The Balaban J connectivity index is 2.09. The van der Waals surface area contributed by atoms with Gasteiger partial charge in [0.05, 0.1) is 19.3 Å². The van der Waals surface area contributed by atoms with Crippen molar-refractivity contribution in [3.05, 3.63) is 22.3 Å². The molecule has 20 heavy (non-hydrogen) atoms. The molecule has 1 heterocycles. The molecule has 0 radical (unpaired) electrons. The van der Waals surface area contributed by atoms with Gasteiger partial charge in [0.25, 0.3) is 0 Å². The van der Waals surface area contributed by atoms with Crippen LogP contribution in [0.4, 0.5) is 0 Å². The number of allylic oxidation sites excluding steroid dienone is 2. The van der Waals surface area contributed by atoms with Gasteiger partial charge in [-0.3, -0.25) is 0 Å². The van der Waals surface area contributed by atoms with Crippen molar-refractivity contribution in [2.45, 2.75) is 66.6 Å². The number of fused-ring (bicyclic) bond motifs is 3. The fourth-order valence-corrected chi connectivity index (χ4v) is 3.89. The van der Waals surface area contributed by atoms with Gasteiger partial charge in [0.15, 0.2) is 0 Å². The molecule has 2 atom stereocenters. The standard InChI is InChI=1S/C18H28O2/c1-17(2,3)12-10-13(18(4,5)6)15-11(12)9-14-16(15)20-8-7-19-14/h14,16H,7-10H2,1-6H3. The van der Waals surface area contributed by atoms with Crippen LogP contribution in [0.5, 0.6) is 0 Å². The Morgan fingerprint density at radius 1 is 0.850 bits per heavy atom. The minimum atomic E-state index is 0.188. The molecule has 2 aliphatic carbocycles. The minimum absolute atomic E-state index is 0.188. The van der Waals surface area contributed by atoms with Crippen LogP contribution in [0, 0.1) is 10.8 Å². The summed E-state index contributed by atoms with van der Waals surface area (Å²) in [5.41, 5.74) is 6.69. The van der Waals surface area contributed by atoms with E-state index in [2.05, 4.69) is 41.5 Å². The summed E-state index contributed by atoms with van der Waals surface area (Å²) in [6, 6.07) is 0. The maximum absolute atomic E-state index is 6.09. The normalized spacial score (nSPS) is 30.9. The van der Waals surface area contributed by atoms with Crippen LogP contribution in [0.1, 0.15) is 54.4 Å². The Hall–Kier alpha value is -0.600. The summed E-state index contributed by atoms with van der Waals surface area (Å²) >= 11 is 0. The van der Waals surface area contributed by atoms with E-state index in [1.54, 1.807) is 16.7 Å². The maximum atomic E-state index is 6.09. The van der Waals surface area contributed by atoms with Gasteiger partial charge >= 0.3 is 0 Å². The summed E-state index contributed by atoms with van der Waals surface area (Å²) in [5, 5.41) is 0. The first-order chi connectivity index (χ1) is 9.19. The first kappa shape index (κ1) is 14.3. The molecule has 3 aliphatic rings. The van der Waals surface area contributed by atoms with Gasteiger partial charge in [-0.2, -0.15) is 0 Å². The lowest BCUT2D eigenvalue weighted by molar-refractivity contribution is -0.114. The fourth-order valence-electron chi connectivity index (χ4n) is 3.89. The van der Waals surface area contributed by atoms with Crippen LogP contribution in [0.15, 0.2) is 22.3 Å². The molecule has 0 aromatic heterocycles. The van der Waals surface area contributed by atoms with Gasteiger partial charge in [-0.1, -0.05) is 52.7 Å². The molecule has 0 amide bonds. The molecule has 0 spiro atoms. The van der Waals surface area contributed by atoms with Crippen LogP contribution in [-0.4, -0.2) is 25.4 Å². The Bertz CT molecular complexity index is 483. The molecule has 1 saturated heterocycles. The quantitative estimate of drug-likeness (QED) is 0.658. The topological polar surface area (TPSA) is 18.5 Å². The lowest BCUT2D eigenvalue weighted by Gasteiger charge is -2.31. The van der Waals surface area contributed by atoms with E-state index in [1.165, 1.54) is 5.57 Å². The van der Waals surface area contributed by atoms with Crippen molar-refractivity contribution in [2.24, 2.45) is 10.8 Å². The molecular formula is C18H28O2. The zero-order valence-electron chi connectivity index (χ0n) is 13.8. The third kappa shape index (κ3) is 2.17. The van der Waals surface area contributed by atoms with Gasteiger partial charge in [0.1, 0.15) is 6.10 Å². The highest BCUT2D eigenvalue weighted by molar-refractivity contribution is 5.56. The second kappa shape index (κ2) is 4.45. The Morgan fingerprint density at radius 3 is 2.05 bits per heavy atom. The molecule has 0 aromatic carbocycles. The molecule has 0 N–H and O–H groups in total. The summed E-state index contributed by atoms with van der Waals surface area (Å²) in [5.74, 6) is 0. The largest absolute Gasteiger partial charge is 0.372 e. The molecule has 2 fully saturated rings. The monoisotopic (exact) mass is 276 g/mol. The maximum Gasteiger partial charge on any atom is 0.109 e. The number of rotatable bonds is 0. The van der Waals surface area contributed by atoms with E-state index in [-0.39, 0.29) is 23.0 Å². The molecule has 112 valence electrons. The molecule has 2 nitrogen and oxygen atoms in total. The molecule has 1 aliphatic heterocycles. The highest BCUT2D eigenvalue weighted by atomic mass is 16.6. The SMILES string of the molecule is CC(C)(C)C1=C2CC3OCCOC3C2=C(C(C)(C)C)C1. The van der Waals surface area contributed by atoms with E-state index in [0.29, 0.717) is 0 Å². The van der Waals surface area contributed by atoms with Gasteiger partial charge in [-0.25, -0.2) is 0 Å². The second-order valence-electron chi connectivity index (χ2n) is 8.43. The Kier molecular flexibility index (Phi) is 3.19. The first-order valence-corrected chi connectivity index (χ1v) is 7.89. The molecule has 0 bridgehead atoms. The van der Waals surface area contributed by atoms with Crippen molar-refractivity contribution in [1.82, 2.24) is 0 Å². The molecule has 3 rings (SSSR count). The number of hydrogen-bond acceptors (Lipinski definition) is 2. The van der Waals surface area contributed by atoms with E-state index in [9.17, 15) is 0 Å². The van der Waals surface area contributed by atoms with Crippen molar-refractivity contribution in [3.63, 3.8) is 0 Å². The lowest BCUT2D eigenvalue weighted by atomic mass is 9.78. The van der Waals surface area contributed by atoms with Crippen molar-refractivity contribution >= 4 is 0 Å². The molecule has 0 aromatic rings. The van der Waals surface area contributed by atoms with Crippen LogP contribution >= 0.6 is 0 Å². The van der Waals surface area contributed by atoms with Crippen LogP contribution in [0.2, 0.25) is 0 Å². The predicted molar refractivity (Wildman–Crippen MR) is 81.7 cm³/mol. The summed E-state index contributed by atoms with van der Waals surface area (Å²) in [6.07, 6.45) is 2.62. The van der Waals surface area contributed by atoms with E-state index in [1.807, 2.05) is 0 Å². The molecular weight excluding hydrogens is 248 g/mol. The van der Waals surface area contributed by atoms with E-state index in [4.69, 9.17) is 9.47 Å². The summed E-state index contributed by atoms with van der Waals surface area (Å²) in [6.45, 7) is 15.5. The van der Waals surface area contributed by atoms with Gasteiger partial charge in [-0.15, -0.1) is 0 Å². The van der Waals surface area contributed by atoms with Crippen LogP contribution in [0.25, 0.3) is 0 Å². The van der Waals surface area contributed by atoms with Crippen molar-refractivity contribution < 1.29 is 9.47 Å². The molecule has 1 saturated carbocycles. The highest BCUT2D eigenvalue weighted by Gasteiger charge is 2.47. The second-order valence-corrected chi connectivity index (χ2v) is 8.43. The third-order valence-corrected chi connectivity index (χ3v) is 4.92. The van der Waals surface area contributed by atoms with Crippen LogP contribution in [0.3, 0.4) is 0 Å². The predicted octanol–water partition coefficient (Wildman–Crippen LogP) is 4.26. The Morgan fingerprint density at radius 2 is 1.45 bits per heavy atom. The molecule has 2 heteroatoms. The van der Waals surface area contributed by atoms with Crippen LogP contribution in [-0.2, 0) is 9.47 Å². The molecule has 2 unspecified atom stereocenters. The first-order valence-electron chi connectivity index (χ1n) is 7.89. The lowest BCUT2D eigenvalue weighted by Crippen LogP contribution is -2.35. The van der Waals surface area contributed by atoms with Gasteiger partial charge < -0.3 is 9.47 Å². The summed E-state index contributed by atoms with van der Waals surface area (Å²) in [7, 11) is 0. The van der Waals surface area contributed by atoms with Crippen LogP contribution < -0.4 is 0 Å². The average Bonchev–Trinajstić information content (AvgIpc) is 2.82. The number of ether oxygens (including phenoxy) is 2. The highest BCUT2D eigenvalue weighted by Crippen LogP contribution is 2.54. The smallest absolute Gasteiger partial charge is 0.109 e. The number of hydrogen-bond donors (Lipinski definition) is 0. The van der Waals surface area contributed by atoms with Crippen molar-refractivity contribution in [1.29, 1.82) is 0 Å². The average molecular weight is 276 g/mol.